The van der Waals surface area contributed by atoms with Gasteiger partial charge < -0.3 is 10.3 Å². The second-order valence-corrected chi connectivity index (χ2v) is 6.63. The van der Waals surface area contributed by atoms with E-state index in [1.165, 1.54) is 4.31 Å². The van der Waals surface area contributed by atoms with E-state index < -0.39 is 21.8 Å². The van der Waals surface area contributed by atoms with Crippen molar-refractivity contribution in [3.63, 3.8) is 0 Å². The lowest BCUT2D eigenvalue weighted by molar-refractivity contribution is -0.122. The van der Waals surface area contributed by atoms with E-state index in [-0.39, 0.29) is 17.2 Å². The number of carbonyl (C=O) groups is 1. The van der Waals surface area contributed by atoms with E-state index in [0.717, 1.165) is 0 Å². The summed E-state index contributed by atoms with van der Waals surface area (Å²) in [5.41, 5.74) is 5.59. The van der Waals surface area contributed by atoms with Gasteiger partial charge in [-0.05, 0) is 26.7 Å². The number of hydrogen-bond donors (Lipinski definition) is 1. The Morgan fingerprint density at radius 2 is 2.16 bits per heavy atom. The first-order valence-corrected chi connectivity index (χ1v) is 7.50. The Bertz CT molecular complexity index is 574. The zero-order valence-electron chi connectivity index (χ0n) is 10.9. The molecule has 1 amide bonds. The zero-order chi connectivity index (χ0) is 14.2. The molecule has 1 fully saturated rings. The van der Waals surface area contributed by atoms with Crippen LogP contribution in [0, 0.1) is 19.8 Å². The van der Waals surface area contributed by atoms with Crippen molar-refractivity contribution in [1.29, 1.82) is 0 Å². The molecule has 1 unspecified atom stereocenters. The van der Waals surface area contributed by atoms with Crippen LogP contribution < -0.4 is 5.73 Å². The van der Waals surface area contributed by atoms with Gasteiger partial charge in [0.25, 0.3) is 0 Å². The molecule has 19 heavy (non-hydrogen) atoms. The van der Waals surface area contributed by atoms with Crippen LogP contribution in [0.5, 0.6) is 0 Å². The molecule has 1 aromatic heterocycles. The third kappa shape index (κ3) is 2.50. The third-order valence-electron chi connectivity index (χ3n) is 3.35. The lowest BCUT2D eigenvalue weighted by Crippen LogP contribution is -2.44. The predicted octanol–water partition coefficient (Wildman–Crippen LogP) is 0.177. The molecule has 0 bridgehead atoms. The maximum absolute atomic E-state index is 12.5. The topological polar surface area (TPSA) is 106 Å². The van der Waals surface area contributed by atoms with E-state index in [0.29, 0.717) is 25.1 Å². The van der Waals surface area contributed by atoms with Gasteiger partial charge >= 0.3 is 0 Å². The maximum atomic E-state index is 12.5. The average molecular weight is 287 g/mol. The van der Waals surface area contributed by atoms with Crippen LogP contribution in [-0.2, 0) is 14.8 Å². The maximum Gasteiger partial charge on any atom is 0.248 e. The molecule has 8 heteroatoms. The summed E-state index contributed by atoms with van der Waals surface area (Å²) in [6.45, 7) is 3.65. The van der Waals surface area contributed by atoms with E-state index >= 15 is 0 Å². The van der Waals surface area contributed by atoms with Crippen molar-refractivity contribution < 1.29 is 17.7 Å². The van der Waals surface area contributed by atoms with Crippen LogP contribution in [0.4, 0.5) is 0 Å². The Labute approximate surface area is 111 Å². The quantitative estimate of drug-likeness (QED) is 0.853. The van der Waals surface area contributed by atoms with Crippen molar-refractivity contribution >= 4 is 15.9 Å². The van der Waals surface area contributed by atoms with Crippen LogP contribution in [0.3, 0.4) is 0 Å². The lowest BCUT2D eigenvalue weighted by Gasteiger charge is -2.30. The Morgan fingerprint density at radius 3 is 2.68 bits per heavy atom. The van der Waals surface area contributed by atoms with E-state index in [1.807, 2.05) is 0 Å². The van der Waals surface area contributed by atoms with E-state index in [9.17, 15) is 13.2 Å². The molecule has 1 aromatic rings. The van der Waals surface area contributed by atoms with Crippen molar-refractivity contribution in [1.82, 2.24) is 9.46 Å². The smallest absolute Gasteiger partial charge is 0.248 e. The summed E-state index contributed by atoms with van der Waals surface area (Å²) in [6.07, 6.45) is 1.25. The Morgan fingerprint density at radius 1 is 1.47 bits per heavy atom. The fourth-order valence-electron chi connectivity index (χ4n) is 2.36. The molecule has 1 aliphatic rings. The number of rotatable bonds is 3. The van der Waals surface area contributed by atoms with Gasteiger partial charge in [-0.2, -0.15) is 4.31 Å². The highest BCUT2D eigenvalue weighted by Crippen LogP contribution is 2.27. The molecule has 7 nitrogen and oxygen atoms in total. The third-order valence-corrected chi connectivity index (χ3v) is 5.46. The van der Waals surface area contributed by atoms with Crippen molar-refractivity contribution in [2.75, 3.05) is 13.1 Å². The molecule has 0 aromatic carbocycles. The first kappa shape index (κ1) is 14.0. The summed E-state index contributed by atoms with van der Waals surface area (Å²) < 4.78 is 31.3. The van der Waals surface area contributed by atoms with Gasteiger partial charge in [0.15, 0.2) is 5.76 Å². The largest absolute Gasteiger partial charge is 0.369 e. The van der Waals surface area contributed by atoms with Crippen LogP contribution in [0.2, 0.25) is 0 Å². The number of sulfonamides is 1. The molecular weight excluding hydrogens is 270 g/mol. The summed E-state index contributed by atoms with van der Waals surface area (Å²) in [4.78, 5) is 11.3. The minimum absolute atomic E-state index is 0.0950. The van der Waals surface area contributed by atoms with Gasteiger partial charge in [0.2, 0.25) is 15.9 Å². The van der Waals surface area contributed by atoms with Crippen LogP contribution in [0.15, 0.2) is 9.42 Å². The SMILES string of the molecule is Cc1noc(C)c1S(=O)(=O)N1CCCC(C(N)=O)C1. The second-order valence-electron chi connectivity index (χ2n) is 4.76. The molecular formula is C11H17N3O4S. The highest BCUT2D eigenvalue weighted by Gasteiger charge is 2.35. The molecule has 2 heterocycles. The van der Waals surface area contributed by atoms with E-state index in [1.54, 1.807) is 13.8 Å². The summed E-state index contributed by atoms with van der Waals surface area (Å²) >= 11 is 0. The van der Waals surface area contributed by atoms with Gasteiger partial charge in [0, 0.05) is 13.1 Å². The summed E-state index contributed by atoms with van der Waals surface area (Å²) in [5.74, 6) is -0.624. The lowest BCUT2D eigenvalue weighted by atomic mass is 9.99. The fourth-order valence-corrected chi connectivity index (χ4v) is 4.18. The number of primary amides is 1. The second kappa shape index (κ2) is 4.93. The van der Waals surface area contributed by atoms with E-state index in [4.69, 9.17) is 10.3 Å². The van der Waals surface area contributed by atoms with Crippen LogP contribution >= 0.6 is 0 Å². The van der Waals surface area contributed by atoms with Gasteiger partial charge in [0.05, 0.1) is 5.92 Å². The molecule has 0 radical (unpaired) electrons. The molecule has 2 rings (SSSR count). The minimum Gasteiger partial charge on any atom is -0.369 e. The van der Waals surface area contributed by atoms with Gasteiger partial charge in [-0.25, -0.2) is 8.42 Å². The zero-order valence-corrected chi connectivity index (χ0v) is 11.7. The molecule has 0 saturated carbocycles. The highest BCUT2D eigenvalue weighted by atomic mass is 32.2. The number of hydrogen-bond acceptors (Lipinski definition) is 5. The number of nitrogens with two attached hydrogens (primary N) is 1. The Balaban J connectivity index is 2.32. The normalized spacial score (nSPS) is 21.5. The van der Waals surface area contributed by atoms with Crippen LogP contribution in [0.1, 0.15) is 24.3 Å². The van der Waals surface area contributed by atoms with Crippen molar-refractivity contribution in [2.24, 2.45) is 11.7 Å². The standard InChI is InChI=1S/C11H17N3O4S/c1-7-10(8(2)18-13-7)19(16,17)14-5-3-4-9(6-14)11(12)15/h9H,3-6H2,1-2H3,(H2,12,15). The summed E-state index contributed by atoms with van der Waals surface area (Å²) in [7, 11) is -3.68. The first-order chi connectivity index (χ1) is 8.84. The average Bonchev–Trinajstić information content (AvgIpc) is 2.69. The van der Waals surface area contributed by atoms with Crippen molar-refractivity contribution in [2.45, 2.75) is 31.6 Å². The van der Waals surface area contributed by atoms with Gasteiger partial charge in [-0.15, -0.1) is 0 Å². The molecule has 2 N–H and O–H groups in total. The molecule has 106 valence electrons. The first-order valence-electron chi connectivity index (χ1n) is 6.06. The van der Waals surface area contributed by atoms with Gasteiger partial charge in [0.1, 0.15) is 10.6 Å². The van der Waals surface area contributed by atoms with Crippen LogP contribution in [-0.4, -0.2) is 36.9 Å². The van der Waals surface area contributed by atoms with E-state index in [2.05, 4.69) is 5.16 Å². The Kier molecular flexibility index (Phi) is 3.64. The molecule has 1 saturated heterocycles. The van der Waals surface area contributed by atoms with Crippen molar-refractivity contribution in [3.8, 4) is 0 Å². The van der Waals surface area contributed by atoms with Gasteiger partial charge in [-0.3, -0.25) is 4.79 Å². The molecule has 0 aliphatic carbocycles. The van der Waals surface area contributed by atoms with Gasteiger partial charge in [-0.1, -0.05) is 5.16 Å². The van der Waals surface area contributed by atoms with Crippen LogP contribution in [0.25, 0.3) is 0 Å². The van der Waals surface area contributed by atoms with Crippen molar-refractivity contribution in [3.05, 3.63) is 11.5 Å². The summed E-state index contributed by atoms with van der Waals surface area (Å²) in [6, 6.07) is 0. The predicted molar refractivity (Wildman–Crippen MR) is 66.7 cm³/mol. The number of carbonyl (C=O) groups excluding carboxylic acids is 1. The fraction of sp³-hybridized carbons (Fsp3) is 0.636. The molecule has 0 spiro atoms. The molecule has 1 atom stereocenters. The number of amides is 1. The number of nitrogens with zero attached hydrogens (tertiary/aromatic N) is 2. The monoisotopic (exact) mass is 287 g/mol. The highest BCUT2D eigenvalue weighted by molar-refractivity contribution is 7.89. The minimum atomic E-state index is -3.68. The number of aromatic nitrogens is 1. The summed E-state index contributed by atoms with van der Waals surface area (Å²) in [5, 5.41) is 3.66. The Hall–Kier alpha value is -1.41. The molecule has 1 aliphatic heterocycles. The number of piperidine rings is 1. The number of aryl methyl sites for hydroxylation is 2.